The van der Waals surface area contributed by atoms with Gasteiger partial charge in [0.25, 0.3) is 5.91 Å². The number of amides is 1. The van der Waals surface area contributed by atoms with Gasteiger partial charge in [0.15, 0.2) is 0 Å². The minimum Gasteiger partial charge on any atom is -0.349 e. The molecular weight excluding hydrogens is 326 g/mol. The third-order valence-corrected chi connectivity index (χ3v) is 5.07. The van der Waals surface area contributed by atoms with Crippen LogP contribution in [0.3, 0.4) is 0 Å². The number of benzene rings is 1. The highest BCUT2D eigenvalue weighted by Gasteiger charge is 2.20. The van der Waals surface area contributed by atoms with Gasteiger partial charge in [-0.25, -0.2) is 0 Å². The molecular formula is C20H19N5O. The minimum absolute atomic E-state index is 0.0635. The third-order valence-electron chi connectivity index (χ3n) is 5.07. The summed E-state index contributed by atoms with van der Waals surface area (Å²) in [4.78, 5) is 16.5. The number of rotatable bonds is 2. The van der Waals surface area contributed by atoms with Gasteiger partial charge < -0.3 is 10.6 Å². The molecule has 6 nitrogen and oxygen atoms in total. The number of hydrogen-bond donors (Lipinski definition) is 2. The first-order valence-corrected chi connectivity index (χ1v) is 8.93. The summed E-state index contributed by atoms with van der Waals surface area (Å²) in [6, 6.07) is 12.4. The van der Waals surface area contributed by atoms with Crippen molar-refractivity contribution in [2.24, 2.45) is 0 Å². The smallest absolute Gasteiger partial charge is 0.269 e. The van der Waals surface area contributed by atoms with Gasteiger partial charge in [0, 0.05) is 30.4 Å². The maximum absolute atomic E-state index is 12.0. The molecule has 3 aromatic rings. The van der Waals surface area contributed by atoms with Crippen LogP contribution < -0.4 is 10.6 Å². The van der Waals surface area contributed by atoms with E-state index in [2.05, 4.69) is 38.9 Å². The van der Waals surface area contributed by atoms with Gasteiger partial charge in [-0.05, 0) is 48.4 Å². The number of aromatic nitrogens is 3. The van der Waals surface area contributed by atoms with E-state index in [0.717, 1.165) is 42.0 Å². The number of carbonyl (C=O) groups excluding carboxylic acids is 1. The molecule has 1 aromatic carbocycles. The van der Waals surface area contributed by atoms with Gasteiger partial charge in [-0.3, -0.25) is 14.5 Å². The molecule has 4 heterocycles. The lowest BCUT2D eigenvalue weighted by molar-refractivity contribution is 0.0924. The van der Waals surface area contributed by atoms with Crippen LogP contribution in [0.15, 0.2) is 42.6 Å². The van der Waals surface area contributed by atoms with E-state index >= 15 is 0 Å². The van der Waals surface area contributed by atoms with E-state index in [-0.39, 0.29) is 5.91 Å². The van der Waals surface area contributed by atoms with Gasteiger partial charge in [0.2, 0.25) is 0 Å². The summed E-state index contributed by atoms with van der Waals surface area (Å²) in [5.41, 5.74) is 7.18. The van der Waals surface area contributed by atoms with Crippen LogP contribution in [-0.4, -0.2) is 33.8 Å². The fraction of sp³-hybridized carbons (Fsp3) is 0.250. The number of nitrogens with one attached hydrogen (secondary N) is 2. The van der Waals surface area contributed by atoms with Crippen LogP contribution in [0.2, 0.25) is 0 Å². The van der Waals surface area contributed by atoms with Crippen molar-refractivity contribution in [3.8, 4) is 22.5 Å². The van der Waals surface area contributed by atoms with Gasteiger partial charge >= 0.3 is 0 Å². The number of carbonyl (C=O) groups is 1. The Morgan fingerprint density at radius 3 is 2.81 bits per heavy atom. The first-order chi connectivity index (χ1) is 12.8. The lowest BCUT2D eigenvalue weighted by atomic mass is 9.97. The Morgan fingerprint density at radius 1 is 0.962 bits per heavy atom. The van der Waals surface area contributed by atoms with Crippen molar-refractivity contribution in [2.45, 2.75) is 19.5 Å². The van der Waals surface area contributed by atoms with Crippen LogP contribution in [0.5, 0.6) is 0 Å². The molecule has 0 unspecified atom stereocenters. The zero-order chi connectivity index (χ0) is 17.5. The molecule has 2 N–H and O–H groups in total. The molecule has 0 saturated carbocycles. The highest BCUT2D eigenvalue weighted by molar-refractivity contribution is 5.94. The summed E-state index contributed by atoms with van der Waals surface area (Å²) < 4.78 is 1.78. The van der Waals surface area contributed by atoms with Gasteiger partial charge in [0.05, 0.1) is 17.9 Å². The Bertz CT molecular complexity index is 1010. The summed E-state index contributed by atoms with van der Waals surface area (Å²) in [5, 5.41) is 10.9. The van der Waals surface area contributed by atoms with E-state index in [1.807, 2.05) is 18.2 Å². The van der Waals surface area contributed by atoms with Crippen molar-refractivity contribution < 1.29 is 4.79 Å². The molecule has 2 aromatic heterocycles. The predicted molar refractivity (Wildman–Crippen MR) is 98.6 cm³/mol. The molecule has 130 valence electrons. The zero-order valence-corrected chi connectivity index (χ0v) is 14.3. The summed E-state index contributed by atoms with van der Waals surface area (Å²) in [5.74, 6) is -0.0635. The first-order valence-electron chi connectivity index (χ1n) is 8.93. The van der Waals surface area contributed by atoms with Crippen LogP contribution in [0.1, 0.15) is 21.6 Å². The Hall–Kier alpha value is -2.99. The summed E-state index contributed by atoms with van der Waals surface area (Å²) in [6.45, 7) is 3.28. The van der Waals surface area contributed by atoms with Gasteiger partial charge in [-0.1, -0.05) is 12.1 Å². The highest BCUT2D eigenvalue weighted by atomic mass is 16.2. The molecule has 2 aliphatic heterocycles. The second-order valence-corrected chi connectivity index (χ2v) is 6.73. The maximum Gasteiger partial charge on any atom is 0.269 e. The average molecular weight is 345 g/mol. The van der Waals surface area contributed by atoms with Crippen LogP contribution >= 0.6 is 0 Å². The zero-order valence-electron chi connectivity index (χ0n) is 14.3. The molecule has 5 rings (SSSR count). The fourth-order valence-corrected chi connectivity index (χ4v) is 3.66. The number of nitrogens with zero attached hydrogens (tertiary/aromatic N) is 3. The van der Waals surface area contributed by atoms with E-state index in [9.17, 15) is 4.79 Å². The summed E-state index contributed by atoms with van der Waals surface area (Å²) >= 11 is 0. The molecule has 26 heavy (non-hydrogen) atoms. The second kappa shape index (κ2) is 6.07. The van der Waals surface area contributed by atoms with Crippen molar-refractivity contribution >= 4 is 5.91 Å². The largest absolute Gasteiger partial charge is 0.349 e. The topological polar surface area (TPSA) is 71.8 Å². The Labute approximate surface area is 151 Å². The van der Waals surface area contributed by atoms with Crippen molar-refractivity contribution in [3.63, 3.8) is 0 Å². The van der Waals surface area contributed by atoms with Crippen LogP contribution in [0.4, 0.5) is 0 Å². The molecule has 0 spiro atoms. The molecule has 0 atom stereocenters. The van der Waals surface area contributed by atoms with Gasteiger partial charge in [0.1, 0.15) is 5.69 Å². The monoisotopic (exact) mass is 345 g/mol. The Kier molecular flexibility index (Phi) is 3.57. The fourth-order valence-electron chi connectivity index (χ4n) is 3.66. The van der Waals surface area contributed by atoms with Crippen molar-refractivity contribution in [2.75, 3.05) is 13.1 Å². The molecule has 0 aliphatic carbocycles. The molecule has 2 aliphatic rings. The quantitative estimate of drug-likeness (QED) is 0.745. The molecule has 1 amide bonds. The second-order valence-electron chi connectivity index (χ2n) is 6.73. The summed E-state index contributed by atoms with van der Waals surface area (Å²) in [7, 11) is 0. The molecule has 0 radical (unpaired) electrons. The van der Waals surface area contributed by atoms with E-state index in [0.29, 0.717) is 18.8 Å². The molecule has 0 bridgehead atoms. The van der Waals surface area contributed by atoms with E-state index < -0.39 is 0 Å². The molecule has 0 saturated heterocycles. The normalized spacial score (nSPS) is 15.9. The standard InChI is InChI=1S/C20H19N5O/c26-20-19-11-18(24-25(19)8-7-23-20)15-4-6-22-17(10-15)14-2-1-13-3-5-21-12-16(13)9-14/h1-2,4,6,9-11,21H,3,5,7-8,12H2,(H,23,26). The van der Waals surface area contributed by atoms with Crippen molar-refractivity contribution in [1.82, 2.24) is 25.4 Å². The van der Waals surface area contributed by atoms with E-state index in [4.69, 9.17) is 0 Å². The van der Waals surface area contributed by atoms with Crippen molar-refractivity contribution in [3.05, 3.63) is 59.4 Å². The highest BCUT2D eigenvalue weighted by Crippen LogP contribution is 2.27. The number of hydrogen-bond acceptors (Lipinski definition) is 4. The van der Waals surface area contributed by atoms with Crippen LogP contribution in [0.25, 0.3) is 22.5 Å². The molecule has 6 heteroatoms. The van der Waals surface area contributed by atoms with Crippen LogP contribution in [0, 0.1) is 0 Å². The summed E-state index contributed by atoms with van der Waals surface area (Å²) in [6.07, 6.45) is 2.88. The SMILES string of the molecule is O=C1NCCn2nc(-c3ccnc(-c4ccc5c(c4)CNCC5)c3)cc21. The predicted octanol–water partition coefficient (Wildman–Crippen LogP) is 2.00. The van der Waals surface area contributed by atoms with E-state index in [1.165, 1.54) is 11.1 Å². The maximum atomic E-state index is 12.0. The third kappa shape index (κ3) is 2.59. The lowest BCUT2D eigenvalue weighted by Crippen LogP contribution is -2.35. The first kappa shape index (κ1) is 15.3. The van der Waals surface area contributed by atoms with Gasteiger partial charge in [-0.15, -0.1) is 0 Å². The van der Waals surface area contributed by atoms with Crippen molar-refractivity contribution in [1.29, 1.82) is 0 Å². The number of fused-ring (bicyclic) bond motifs is 2. The average Bonchev–Trinajstić information content (AvgIpc) is 3.14. The lowest BCUT2D eigenvalue weighted by Gasteiger charge is -2.17. The Morgan fingerprint density at radius 2 is 1.88 bits per heavy atom. The van der Waals surface area contributed by atoms with Gasteiger partial charge in [-0.2, -0.15) is 5.10 Å². The number of pyridine rings is 1. The van der Waals surface area contributed by atoms with Crippen LogP contribution in [-0.2, 0) is 19.5 Å². The Balaban J connectivity index is 1.53. The van der Waals surface area contributed by atoms with E-state index in [1.54, 1.807) is 10.9 Å². The minimum atomic E-state index is -0.0635. The molecule has 0 fully saturated rings.